The van der Waals surface area contributed by atoms with E-state index in [1.807, 2.05) is 0 Å². The fourth-order valence-corrected chi connectivity index (χ4v) is 2.10. The van der Waals surface area contributed by atoms with E-state index >= 15 is 0 Å². The van der Waals surface area contributed by atoms with Crippen molar-refractivity contribution in [3.63, 3.8) is 0 Å². The molecule has 2 unspecified atom stereocenters. The van der Waals surface area contributed by atoms with Crippen LogP contribution in [0.1, 0.15) is 19.8 Å². The third kappa shape index (κ3) is 3.46. The van der Waals surface area contributed by atoms with E-state index in [-0.39, 0.29) is 5.91 Å². The smallest absolute Gasteiger partial charge is 0.221 e. The summed E-state index contributed by atoms with van der Waals surface area (Å²) in [6.07, 6.45) is 1.48. The minimum absolute atomic E-state index is 0.0846. The minimum atomic E-state index is 0.0846. The molecule has 4 heteroatoms. The Morgan fingerprint density at radius 1 is 1.64 bits per heavy atom. The minimum Gasteiger partial charge on any atom is -0.353 e. The molecule has 1 saturated heterocycles. The molecule has 1 N–H and O–H groups in total. The molecular weight excluding hydrogens is 200 g/mol. The lowest BCUT2D eigenvalue weighted by Crippen LogP contribution is -2.48. The molecule has 1 heterocycles. The Balaban J connectivity index is 2.33. The van der Waals surface area contributed by atoms with Crippen LogP contribution in [0.2, 0.25) is 0 Å². The Kier molecular flexibility index (Phi) is 4.69. The summed E-state index contributed by atoms with van der Waals surface area (Å²) in [5, 5.41) is 3.04. The van der Waals surface area contributed by atoms with Crippen molar-refractivity contribution in [2.45, 2.75) is 25.8 Å². The molecule has 0 bridgehead atoms. The Hall–Kier alpha value is -0.280. The third-order valence-corrected chi connectivity index (χ3v) is 2.97. The van der Waals surface area contributed by atoms with E-state index in [0.717, 1.165) is 19.5 Å². The van der Waals surface area contributed by atoms with Gasteiger partial charge in [-0.15, -0.1) is 11.6 Å². The maximum Gasteiger partial charge on any atom is 0.221 e. The monoisotopic (exact) mass is 218 g/mol. The molecule has 82 valence electrons. The largest absolute Gasteiger partial charge is 0.353 e. The number of alkyl halides is 1. The van der Waals surface area contributed by atoms with Crippen molar-refractivity contribution < 1.29 is 4.79 Å². The van der Waals surface area contributed by atoms with Crippen molar-refractivity contribution in [2.24, 2.45) is 5.92 Å². The van der Waals surface area contributed by atoms with Gasteiger partial charge >= 0.3 is 0 Å². The van der Waals surface area contributed by atoms with Gasteiger partial charge in [0.15, 0.2) is 0 Å². The van der Waals surface area contributed by atoms with Gasteiger partial charge in [0.2, 0.25) is 5.91 Å². The van der Waals surface area contributed by atoms with Crippen molar-refractivity contribution in [1.82, 2.24) is 10.2 Å². The molecule has 3 nitrogen and oxygen atoms in total. The van der Waals surface area contributed by atoms with Gasteiger partial charge < -0.3 is 10.2 Å². The van der Waals surface area contributed by atoms with E-state index < -0.39 is 0 Å². The van der Waals surface area contributed by atoms with E-state index in [9.17, 15) is 4.79 Å². The van der Waals surface area contributed by atoms with Crippen LogP contribution < -0.4 is 5.32 Å². The second-order valence-corrected chi connectivity index (χ2v) is 4.52. The molecule has 0 aromatic rings. The number of rotatable bonds is 3. The highest BCUT2D eigenvalue weighted by molar-refractivity contribution is 6.18. The highest BCUT2D eigenvalue weighted by Crippen LogP contribution is 2.15. The molecular formula is C10H19ClN2O. The number of carbonyl (C=O) groups excluding carboxylic acids is 1. The lowest BCUT2D eigenvalue weighted by Gasteiger charge is -2.35. The van der Waals surface area contributed by atoms with Crippen molar-refractivity contribution in [2.75, 3.05) is 26.0 Å². The van der Waals surface area contributed by atoms with Crippen LogP contribution in [-0.4, -0.2) is 42.9 Å². The molecule has 0 aliphatic carbocycles. The number of amides is 1. The molecule has 1 aliphatic rings. The molecule has 1 fully saturated rings. The average Bonchev–Trinajstić information content (AvgIpc) is 2.10. The van der Waals surface area contributed by atoms with E-state index in [1.165, 1.54) is 0 Å². The van der Waals surface area contributed by atoms with Crippen LogP contribution in [0, 0.1) is 5.92 Å². The lowest BCUT2D eigenvalue weighted by molar-refractivity contribution is -0.122. The highest BCUT2D eigenvalue weighted by Gasteiger charge is 2.24. The molecule has 14 heavy (non-hydrogen) atoms. The fourth-order valence-electron chi connectivity index (χ4n) is 1.93. The first-order chi connectivity index (χ1) is 6.63. The second-order valence-electron chi connectivity index (χ2n) is 4.14. The van der Waals surface area contributed by atoms with E-state index in [0.29, 0.717) is 24.3 Å². The van der Waals surface area contributed by atoms with Crippen LogP contribution in [0.15, 0.2) is 0 Å². The van der Waals surface area contributed by atoms with Gasteiger partial charge in [-0.1, -0.05) is 6.92 Å². The summed E-state index contributed by atoms with van der Waals surface area (Å²) in [6, 6.07) is 0.335. The van der Waals surface area contributed by atoms with Gasteiger partial charge in [0.25, 0.3) is 0 Å². The summed E-state index contributed by atoms with van der Waals surface area (Å²) in [7, 11) is 2.12. The third-order valence-electron chi connectivity index (χ3n) is 2.78. The van der Waals surface area contributed by atoms with Crippen molar-refractivity contribution in [3.05, 3.63) is 0 Å². The van der Waals surface area contributed by atoms with Gasteiger partial charge in [-0.25, -0.2) is 0 Å². The van der Waals surface area contributed by atoms with E-state index in [1.54, 1.807) is 0 Å². The number of carbonyl (C=O) groups is 1. The molecule has 0 aromatic carbocycles. The van der Waals surface area contributed by atoms with Crippen LogP contribution in [0.5, 0.6) is 0 Å². The van der Waals surface area contributed by atoms with E-state index in [4.69, 9.17) is 11.6 Å². The van der Waals surface area contributed by atoms with Crippen molar-refractivity contribution >= 4 is 17.5 Å². The number of nitrogens with one attached hydrogen (secondary N) is 1. The topological polar surface area (TPSA) is 32.3 Å². The predicted molar refractivity (Wildman–Crippen MR) is 58.5 cm³/mol. The van der Waals surface area contributed by atoms with Crippen LogP contribution in [0.25, 0.3) is 0 Å². The highest BCUT2D eigenvalue weighted by atomic mass is 35.5. The summed E-state index contributed by atoms with van der Waals surface area (Å²) >= 11 is 5.50. The quantitative estimate of drug-likeness (QED) is 0.719. The van der Waals surface area contributed by atoms with Crippen molar-refractivity contribution in [1.29, 1.82) is 0 Å². The zero-order chi connectivity index (χ0) is 10.6. The van der Waals surface area contributed by atoms with Gasteiger partial charge in [-0.2, -0.15) is 0 Å². The first-order valence-electron chi connectivity index (χ1n) is 5.17. The maximum absolute atomic E-state index is 11.3. The Morgan fingerprint density at radius 2 is 2.36 bits per heavy atom. The van der Waals surface area contributed by atoms with Crippen LogP contribution in [0.3, 0.4) is 0 Å². The summed E-state index contributed by atoms with van der Waals surface area (Å²) in [5.41, 5.74) is 0. The van der Waals surface area contributed by atoms with Crippen molar-refractivity contribution in [3.8, 4) is 0 Å². The summed E-state index contributed by atoms with van der Waals surface area (Å²) in [4.78, 5) is 13.6. The Morgan fingerprint density at radius 3 is 2.93 bits per heavy atom. The van der Waals surface area contributed by atoms with Gasteiger partial charge in [-0.3, -0.25) is 4.79 Å². The fraction of sp³-hybridized carbons (Fsp3) is 0.900. The first kappa shape index (κ1) is 11.8. The number of halogens is 1. The molecule has 1 amide bonds. The Labute approximate surface area is 90.8 Å². The van der Waals surface area contributed by atoms with Crippen LogP contribution >= 0.6 is 11.6 Å². The number of likely N-dealkylation sites (tertiary alicyclic amines) is 1. The zero-order valence-corrected chi connectivity index (χ0v) is 9.68. The number of hydrogen-bond donors (Lipinski definition) is 1. The SMILES string of the molecule is CC1CN(C)CCC1NC(=O)CCCl. The summed E-state index contributed by atoms with van der Waals surface area (Å²) in [5.74, 6) is 1.03. The van der Waals surface area contributed by atoms with Gasteiger partial charge in [0, 0.05) is 24.9 Å². The second kappa shape index (κ2) is 5.56. The standard InChI is InChI=1S/C10H19ClN2O/c1-8-7-13(2)6-4-9(8)12-10(14)3-5-11/h8-9H,3-7H2,1-2H3,(H,12,14). The Bertz CT molecular complexity index is 199. The number of piperidine rings is 1. The van der Waals surface area contributed by atoms with Gasteiger partial charge in [-0.05, 0) is 25.9 Å². The first-order valence-corrected chi connectivity index (χ1v) is 5.70. The summed E-state index contributed by atoms with van der Waals surface area (Å²) < 4.78 is 0. The molecule has 0 radical (unpaired) electrons. The molecule has 1 rings (SSSR count). The number of hydrogen-bond acceptors (Lipinski definition) is 2. The van der Waals surface area contributed by atoms with Gasteiger partial charge in [0.05, 0.1) is 0 Å². The maximum atomic E-state index is 11.3. The normalized spacial score (nSPS) is 28.8. The molecule has 2 atom stereocenters. The summed E-state index contributed by atoms with van der Waals surface area (Å²) in [6.45, 7) is 4.31. The lowest BCUT2D eigenvalue weighted by atomic mass is 9.94. The predicted octanol–water partition coefficient (Wildman–Crippen LogP) is 1.07. The molecule has 0 spiro atoms. The van der Waals surface area contributed by atoms with Crippen LogP contribution in [0.4, 0.5) is 0 Å². The zero-order valence-electron chi connectivity index (χ0n) is 8.92. The van der Waals surface area contributed by atoms with E-state index in [2.05, 4.69) is 24.2 Å². The molecule has 0 saturated carbocycles. The average molecular weight is 219 g/mol. The molecule has 1 aliphatic heterocycles. The van der Waals surface area contributed by atoms with Crippen LogP contribution in [-0.2, 0) is 4.79 Å². The van der Waals surface area contributed by atoms with Gasteiger partial charge in [0.1, 0.15) is 0 Å². The number of nitrogens with zero attached hydrogens (tertiary/aromatic N) is 1. The molecule has 0 aromatic heterocycles.